The molecule has 2 heterocycles. The average Bonchev–Trinajstić information content (AvgIpc) is 2.98. The molecule has 0 aliphatic heterocycles. The van der Waals surface area contributed by atoms with Crippen LogP contribution in [0, 0.1) is 0 Å². The zero-order valence-electron chi connectivity index (χ0n) is 12.4. The molecule has 0 spiro atoms. The second-order valence-corrected chi connectivity index (χ2v) is 5.53. The Kier molecular flexibility index (Phi) is 4.43. The van der Waals surface area contributed by atoms with Crippen molar-refractivity contribution in [2.45, 2.75) is 0 Å². The molecule has 0 saturated carbocycles. The molecule has 3 rings (SSSR count). The van der Waals surface area contributed by atoms with Crippen molar-refractivity contribution in [3.05, 3.63) is 30.7 Å². The van der Waals surface area contributed by atoms with Crippen LogP contribution < -0.4 is 9.47 Å². The normalized spacial score (nSPS) is 10.8. The Morgan fingerprint density at radius 2 is 2.23 bits per heavy atom. The van der Waals surface area contributed by atoms with E-state index in [2.05, 4.69) is 19.9 Å². The highest BCUT2D eigenvalue weighted by Crippen LogP contribution is 2.32. The van der Waals surface area contributed by atoms with Crippen molar-refractivity contribution >= 4 is 22.9 Å². The molecule has 0 radical (unpaired) electrons. The number of methoxy groups -OCH3 is 1. The lowest BCUT2D eigenvalue weighted by atomic mass is 10.2. The van der Waals surface area contributed by atoms with Gasteiger partial charge < -0.3 is 14.5 Å². The second-order valence-electron chi connectivity index (χ2n) is 4.55. The van der Waals surface area contributed by atoms with Crippen LogP contribution in [0.1, 0.15) is 0 Å². The topological polar surface area (TPSA) is 72.9 Å². The van der Waals surface area contributed by atoms with E-state index in [4.69, 9.17) is 9.47 Å². The third-order valence-corrected chi connectivity index (χ3v) is 3.73. The minimum absolute atomic E-state index is 0.626. The first-order valence-corrected chi connectivity index (χ1v) is 8.17. The smallest absolute Gasteiger partial charge is 0.181 e. The molecule has 1 N–H and O–H groups in total. The molecule has 0 aliphatic rings. The summed E-state index contributed by atoms with van der Waals surface area (Å²) in [4.78, 5) is 15.9. The van der Waals surface area contributed by atoms with Crippen LogP contribution in [0.3, 0.4) is 0 Å². The third-order valence-electron chi connectivity index (χ3n) is 3.15. The van der Waals surface area contributed by atoms with Crippen LogP contribution in [0.5, 0.6) is 11.5 Å². The summed E-state index contributed by atoms with van der Waals surface area (Å²) in [5.41, 5.74) is 2.30. The minimum atomic E-state index is 0.626. The monoisotopic (exact) mass is 316 g/mol. The van der Waals surface area contributed by atoms with E-state index in [1.165, 1.54) is 6.33 Å². The van der Waals surface area contributed by atoms with Crippen molar-refractivity contribution < 1.29 is 9.47 Å². The molecule has 7 heteroatoms. The van der Waals surface area contributed by atoms with Crippen LogP contribution in [0.2, 0.25) is 0 Å². The quantitative estimate of drug-likeness (QED) is 0.705. The summed E-state index contributed by atoms with van der Waals surface area (Å²) < 4.78 is 11.1. The maximum atomic E-state index is 5.87. The van der Waals surface area contributed by atoms with Gasteiger partial charge in [-0.25, -0.2) is 15.0 Å². The van der Waals surface area contributed by atoms with Crippen molar-refractivity contribution in [1.29, 1.82) is 0 Å². The van der Waals surface area contributed by atoms with E-state index in [1.54, 1.807) is 25.1 Å². The molecule has 0 atom stereocenters. The molecule has 0 fully saturated rings. The van der Waals surface area contributed by atoms with Gasteiger partial charge in [0.15, 0.2) is 5.65 Å². The summed E-state index contributed by atoms with van der Waals surface area (Å²) in [5, 5.41) is 0. The fourth-order valence-electron chi connectivity index (χ4n) is 2.07. The molecule has 22 heavy (non-hydrogen) atoms. The van der Waals surface area contributed by atoms with Gasteiger partial charge in [0.05, 0.1) is 25.5 Å². The molecular formula is C15H16N4O2S. The van der Waals surface area contributed by atoms with Gasteiger partial charge in [0, 0.05) is 11.8 Å². The van der Waals surface area contributed by atoms with Crippen molar-refractivity contribution in [3.8, 4) is 22.9 Å². The van der Waals surface area contributed by atoms with Gasteiger partial charge in [-0.1, -0.05) is 0 Å². The first kappa shape index (κ1) is 14.6. The van der Waals surface area contributed by atoms with Gasteiger partial charge in [-0.3, -0.25) is 0 Å². The first-order chi connectivity index (χ1) is 10.8. The van der Waals surface area contributed by atoms with E-state index in [0.717, 1.165) is 28.3 Å². The van der Waals surface area contributed by atoms with Gasteiger partial charge in [-0.15, -0.1) is 0 Å². The van der Waals surface area contributed by atoms with Gasteiger partial charge in [-0.2, -0.15) is 11.8 Å². The Morgan fingerprint density at radius 1 is 1.32 bits per heavy atom. The lowest BCUT2D eigenvalue weighted by molar-refractivity contribution is 0.341. The molecule has 6 nitrogen and oxygen atoms in total. The van der Waals surface area contributed by atoms with E-state index in [9.17, 15) is 0 Å². The number of nitrogens with zero attached hydrogens (tertiary/aromatic N) is 3. The fourth-order valence-corrected chi connectivity index (χ4v) is 2.32. The van der Waals surface area contributed by atoms with E-state index in [1.807, 2.05) is 24.5 Å². The maximum absolute atomic E-state index is 5.87. The Bertz CT molecular complexity index is 742. The Labute approximate surface area is 132 Å². The highest BCUT2D eigenvalue weighted by Gasteiger charge is 2.13. The Morgan fingerprint density at radius 3 is 3.00 bits per heavy atom. The van der Waals surface area contributed by atoms with Crippen LogP contribution in [0.15, 0.2) is 30.7 Å². The number of hydrogen-bond donors (Lipinski definition) is 1. The SMILES string of the molecule is COc1ccc(-c2nc3ncncc3[nH]2)c(OCCSC)c1. The van der Waals surface area contributed by atoms with Gasteiger partial charge in [0.25, 0.3) is 0 Å². The van der Waals surface area contributed by atoms with Crippen molar-refractivity contribution in [1.82, 2.24) is 19.9 Å². The van der Waals surface area contributed by atoms with Crippen LogP contribution in [0.25, 0.3) is 22.6 Å². The number of hydrogen-bond acceptors (Lipinski definition) is 6. The minimum Gasteiger partial charge on any atom is -0.497 e. The second kappa shape index (κ2) is 6.65. The summed E-state index contributed by atoms with van der Waals surface area (Å²) >= 11 is 1.74. The number of imidazole rings is 1. The molecule has 0 aliphatic carbocycles. The molecule has 114 valence electrons. The van der Waals surface area contributed by atoms with Gasteiger partial charge in [0.2, 0.25) is 0 Å². The molecule has 0 amide bonds. The number of thioether (sulfide) groups is 1. The van der Waals surface area contributed by atoms with Crippen LogP contribution in [0.4, 0.5) is 0 Å². The number of nitrogens with one attached hydrogen (secondary N) is 1. The lowest BCUT2D eigenvalue weighted by Gasteiger charge is -2.11. The van der Waals surface area contributed by atoms with E-state index < -0.39 is 0 Å². The standard InChI is InChI=1S/C15H16N4O2S/c1-20-10-3-4-11(13(7-10)21-5-6-22-2)14-18-12-8-16-9-17-15(12)19-14/h3-4,7-9H,5-6H2,1-2H3,(H,16,17,18,19). The maximum Gasteiger partial charge on any atom is 0.181 e. The highest BCUT2D eigenvalue weighted by molar-refractivity contribution is 7.98. The highest BCUT2D eigenvalue weighted by atomic mass is 32.2. The van der Waals surface area contributed by atoms with Crippen molar-refractivity contribution in [2.75, 3.05) is 25.7 Å². The molecule has 3 aromatic rings. The van der Waals surface area contributed by atoms with Crippen LogP contribution in [-0.2, 0) is 0 Å². The van der Waals surface area contributed by atoms with Crippen LogP contribution in [-0.4, -0.2) is 45.7 Å². The van der Waals surface area contributed by atoms with Gasteiger partial charge in [0.1, 0.15) is 29.2 Å². The van der Waals surface area contributed by atoms with Gasteiger partial charge >= 0.3 is 0 Å². The average molecular weight is 316 g/mol. The summed E-state index contributed by atoms with van der Waals surface area (Å²) in [6, 6.07) is 5.68. The number of aromatic nitrogens is 4. The summed E-state index contributed by atoms with van der Waals surface area (Å²) in [6.45, 7) is 0.626. The number of H-pyrrole nitrogens is 1. The van der Waals surface area contributed by atoms with E-state index in [0.29, 0.717) is 18.1 Å². The third kappa shape index (κ3) is 2.99. The Balaban J connectivity index is 2.00. The zero-order valence-corrected chi connectivity index (χ0v) is 13.2. The fraction of sp³-hybridized carbons (Fsp3) is 0.267. The molecule has 1 aromatic carbocycles. The van der Waals surface area contributed by atoms with E-state index >= 15 is 0 Å². The number of rotatable bonds is 6. The first-order valence-electron chi connectivity index (χ1n) is 6.77. The Hall–Kier alpha value is -2.28. The number of fused-ring (bicyclic) bond motifs is 1. The summed E-state index contributed by atoms with van der Waals surface area (Å²) in [7, 11) is 1.64. The predicted molar refractivity (Wildman–Crippen MR) is 87.5 cm³/mol. The molecule has 0 bridgehead atoms. The predicted octanol–water partition coefficient (Wildman–Crippen LogP) is 2.77. The summed E-state index contributed by atoms with van der Waals surface area (Å²) in [6.07, 6.45) is 5.24. The van der Waals surface area contributed by atoms with E-state index in [-0.39, 0.29) is 0 Å². The largest absolute Gasteiger partial charge is 0.497 e. The number of benzene rings is 1. The molecule has 2 aromatic heterocycles. The van der Waals surface area contributed by atoms with Crippen molar-refractivity contribution in [2.24, 2.45) is 0 Å². The number of aromatic amines is 1. The molecule has 0 saturated heterocycles. The summed E-state index contributed by atoms with van der Waals surface area (Å²) in [5.74, 6) is 3.11. The zero-order chi connectivity index (χ0) is 15.4. The van der Waals surface area contributed by atoms with Crippen molar-refractivity contribution in [3.63, 3.8) is 0 Å². The van der Waals surface area contributed by atoms with Crippen LogP contribution >= 0.6 is 11.8 Å². The van der Waals surface area contributed by atoms with Gasteiger partial charge in [-0.05, 0) is 18.4 Å². The molecule has 0 unspecified atom stereocenters. The molecular weight excluding hydrogens is 300 g/mol. The lowest BCUT2D eigenvalue weighted by Crippen LogP contribution is -2.01. The number of ether oxygens (including phenoxy) is 2.